The van der Waals surface area contributed by atoms with Crippen LogP contribution < -0.4 is 0 Å². The maximum atomic E-state index is 12.9. The van der Waals surface area contributed by atoms with E-state index in [0.29, 0.717) is 11.3 Å². The van der Waals surface area contributed by atoms with Gasteiger partial charge in [0.05, 0.1) is 0 Å². The summed E-state index contributed by atoms with van der Waals surface area (Å²) in [7, 11) is 0. The molecule has 0 saturated heterocycles. The summed E-state index contributed by atoms with van der Waals surface area (Å²) in [5, 5.41) is 7.72. The van der Waals surface area contributed by atoms with E-state index >= 15 is 0 Å². The summed E-state index contributed by atoms with van der Waals surface area (Å²) >= 11 is 0. The minimum Gasteiger partial charge on any atom is -0.448 e. The number of nitrogens with zero attached hydrogens (tertiary/aromatic N) is 2. The Labute approximate surface area is 124 Å². The number of aromatic amines is 1. The fraction of sp³-hybridized carbons (Fsp3) is 0.133. The van der Waals surface area contributed by atoms with Crippen LogP contribution in [0.5, 0.6) is 0 Å². The number of halogens is 1. The van der Waals surface area contributed by atoms with E-state index in [1.165, 1.54) is 24.3 Å². The van der Waals surface area contributed by atoms with E-state index < -0.39 is 12.1 Å². The van der Waals surface area contributed by atoms with E-state index in [1.54, 1.807) is 25.3 Å². The average Bonchev–Trinajstić information content (AvgIpc) is 3.20. The van der Waals surface area contributed by atoms with Crippen LogP contribution in [0.1, 0.15) is 29.4 Å². The van der Waals surface area contributed by atoms with Crippen LogP contribution in [0.25, 0.3) is 11.5 Å². The van der Waals surface area contributed by atoms with Gasteiger partial charge in [-0.1, -0.05) is 0 Å². The summed E-state index contributed by atoms with van der Waals surface area (Å²) in [5.41, 5.74) is 0.924. The van der Waals surface area contributed by atoms with Crippen molar-refractivity contribution in [3.8, 4) is 11.5 Å². The number of aromatic nitrogens is 3. The lowest BCUT2D eigenvalue weighted by Crippen LogP contribution is -2.09. The summed E-state index contributed by atoms with van der Waals surface area (Å²) in [6, 6.07) is 8.96. The van der Waals surface area contributed by atoms with Crippen molar-refractivity contribution in [2.45, 2.75) is 13.0 Å². The van der Waals surface area contributed by atoms with Crippen LogP contribution >= 0.6 is 0 Å². The van der Waals surface area contributed by atoms with Crippen molar-refractivity contribution in [1.82, 2.24) is 15.2 Å². The van der Waals surface area contributed by atoms with Gasteiger partial charge < -0.3 is 14.1 Å². The summed E-state index contributed by atoms with van der Waals surface area (Å²) in [4.78, 5) is 14.6. The first-order chi connectivity index (χ1) is 10.6. The Morgan fingerprint density at radius 2 is 2.05 bits per heavy atom. The van der Waals surface area contributed by atoms with Crippen molar-refractivity contribution < 1.29 is 18.3 Å². The van der Waals surface area contributed by atoms with Crippen LogP contribution in [0.2, 0.25) is 0 Å². The highest BCUT2D eigenvalue weighted by molar-refractivity contribution is 5.87. The largest absolute Gasteiger partial charge is 0.448 e. The molecule has 0 bridgehead atoms. The smallest absolute Gasteiger partial charge is 0.355 e. The Kier molecular flexibility index (Phi) is 3.69. The fourth-order valence-electron chi connectivity index (χ4n) is 1.84. The molecule has 3 rings (SSSR count). The average molecular weight is 301 g/mol. The van der Waals surface area contributed by atoms with Crippen molar-refractivity contribution in [3.63, 3.8) is 0 Å². The van der Waals surface area contributed by atoms with Gasteiger partial charge >= 0.3 is 5.97 Å². The molecule has 112 valence electrons. The molecule has 0 spiro atoms. The predicted molar refractivity (Wildman–Crippen MR) is 74.3 cm³/mol. The van der Waals surface area contributed by atoms with E-state index in [1.807, 2.05) is 0 Å². The fourth-order valence-corrected chi connectivity index (χ4v) is 1.84. The lowest BCUT2D eigenvalue weighted by Gasteiger charge is -2.07. The molecule has 0 saturated carbocycles. The SMILES string of the molecule is C[C@@H](OC(=O)c1ccc[nH]1)c1nnc(-c2ccc(F)cc2)o1. The number of ether oxygens (including phenoxy) is 1. The van der Waals surface area contributed by atoms with Gasteiger partial charge in [-0.05, 0) is 43.3 Å². The Hall–Kier alpha value is -2.96. The second kappa shape index (κ2) is 5.80. The summed E-state index contributed by atoms with van der Waals surface area (Å²) in [5.74, 6) is -0.465. The van der Waals surface area contributed by atoms with Gasteiger partial charge in [-0.3, -0.25) is 0 Å². The second-order valence-corrected chi connectivity index (χ2v) is 4.58. The van der Waals surface area contributed by atoms with Gasteiger partial charge in [0.15, 0.2) is 6.10 Å². The van der Waals surface area contributed by atoms with Gasteiger partial charge in [0.2, 0.25) is 5.89 Å². The molecule has 1 N–H and O–H groups in total. The number of benzene rings is 1. The van der Waals surface area contributed by atoms with Crippen LogP contribution in [0.15, 0.2) is 47.0 Å². The maximum absolute atomic E-state index is 12.9. The monoisotopic (exact) mass is 301 g/mol. The van der Waals surface area contributed by atoms with Crippen LogP contribution in [0.3, 0.4) is 0 Å². The summed E-state index contributed by atoms with van der Waals surface area (Å²) in [6.07, 6.45) is 0.929. The van der Waals surface area contributed by atoms with Crippen LogP contribution in [0, 0.1) is 5.82 Å². The maximum Gasteiger partial charge on any atom is 0.355 e. The van der Waals surface area contributed by atoms with Gasteiger partial charge in [-0.25, -0.2) is 9.18 Å². The van der Waals surface area contributed by atoms with E-state index in [-0.39, 0.29) is 17.6 Å². The molecular weight excluding hydrogens is 289 g/mol. The molecule has 0 unspecified atom stereocenters. The van der Waals surface area contributed by atoms with Gasteiger partial charge in [-0.15, -0.1) is 10.2 Å². The van der Waals surface area contributed by atoms with E-state index in [9.17, 15) is 9.18 Å². The summed E-state index contributed by atoms with van der Waals surface area (Å²) in [6.45, 7) is 1.63. The number of hydrogen-bond acceptors (Lipinski definition) is 5. The molecule has 0 fully saturated rings. The highest BCUT2D eigenvalue weighted by Gasteiger charge is 2.20. The van der Waals surface area contributed by atoms with Crippen molar-refractivity contribution >= 4 is 5.97 Å². The molecule has 2 heterocycles. The first kappa shape index (κ1) is 14.0. The van der Waals surface area contributed by atoms with Crippen molar-refractivity contribution in [3.05, 3.63) is 60.0 Å². The predicted octanol–water partition coefficient (Wildman–Crippen LogP) is 3.12. The van der Waals surface area contributed by atoms with Gasteiger partial charge in [0, 0.05) is 11.8 Å². The number of carbonyl (C=O) groups is 1. The van der Waals surface area contributed by atoms with Gasteiger partial charge in [-0.2, -0.15) is 0 Å². The quantitative estimate of drug-likeness (QED) is 0.749. The first-order valence-electron chi connectivity index (χ1n) is 6.57. The normalized spacial score (nSPS) is 12.1. The summed E-state index contributed by atoms with van der Waals surface area (Å²) < 4.78 is 23.6. The minimum absolute atomic E-state index is 0.166. The number of rotatable bonds is 4. The van der Waals surface area contributed by atoms with Gasteiger partial charge in [0.1, 0.15) is 11.5 Å². The zero-order valence-corrected chi connectivity index (χ0v) is 11.6. The zero-order chi connectivity index (χ0) is 15.5. The Balaban J connectivity index is 1.73. The topological polar surface area (TPSA) is 81.0 Å². The molecule has 7 heteroatoms. The van der Waals surface area contributed by atoms with Crippen molar-refractivity contribution in [2.75, 3.05) is 0 Å². The number of carbonyl (C=O) groups excluding carboxylic acids is 1. The molecule has 0 aliphatic carbocycles. The Morgan fingerprint density at radius 1 is 1.27 bits per heavy atom. The Bertz CT molecular complexity index is 766. The molecule has 0 radical (unpaired) electrons. The standard InChI is InChI=1S/C15H12FN3O3/c1-9(21-15(20)12-3-2-8-17-12)13-18-19-14(22-13)10-4-6-11(16)7-5-10/h2-9,17H,1H3/t9-/m1/s1. The van der Waals surface area contributed by atoms with E-state index in [0.717, 1.165) is 0 Å². The molecule has 2 aromatic heterocycles. The number of esters is 1. The second-order valence-electron chi connectivity index (χ2n) is 4.58. The van der Waals surface area contributed by atoms with Crippen molar-refractivity contribution in [2.24, 2.45) is 0 Å². The van der Waals surface area contributed by atoms with Crippen LogP contribution in [0.4, 0.5) is 4.39 Å². The first-order valence-corrected chi connectivity index (χ1v) is 6.57. The molecule has 0 aliphatic heterocycles. The zero-order valence-electron chi connectivity index (χ0n) is 11.6. The molecular formula is C15H12FN3O3. The molecule has 6 nitrogen and oxygen atoms in total. The molecule has 0 aliphatic rings. The van der Waals surface area contributed by atoms with E-state index in [2.05, 4.69) is 15.2 Å². The minimum atomic E-state index is -0.697. The third-order valence-corrected chi connectivity index (χ3v) is 2.98. The lowest BCUT2D eigenvalue weighted by molar-refractivity contribution is 0.0274. The van der Waals surface area contributed by atoms with Crippen LogP contribution in [-0.4, -0.2) is 21.2 Å². The Morgan fingerprint density at radius 3 is 2.73 bits per heavy atom. The molecule has 1 aromatic carbocycles. The van der Waals surface area contributed by atoms with Crippen molar-refractivity contribution in [1.29, 1.82) is 0 Å². The highest BCUT2D eigenvalue weighted by atomic mass is 19.1. The molecule has 22 heavy (non-hydrogen) atoms. The third kappa shape index (κ3) is 2.88. The molecule has 0 amide bonds. The number of nitrogens with one attached hydrogen (secondary N) is 1. The van der Waals surface area contributed by atoms with Crippen LogP contribution in [-0.2, 0) is 4.74 Å². The van der Waals surface area contributed by atoms with Gasteiger partial charge in [0.25, 0.3) is 5.89 Å². The number of H-pyrrole nitrogens is 1. The molecule has 3 aromatic rings. The molecule has 1 atom stereocenters. The number of hydrogen-bond donors (Lipinski definition) is 1. The lowest BCUT2D eigenvalue weighted by atomic mass is 10.2. The van der Waals surface area contributed by atoms with E-state index in [4.69, 9.17) is 9.15 Å². The third-order valence-electron chi connectivity index (χ3n) is 2.98. The highest BCUT2D eigenvalue weighted by Crippen LogP contribution is 2.23.